The first-order chi connectivity index (χ1) is 19.8. The van der Waals surface area contributed by atoms with E-state index in [4.69, 9.17) is 16.6 Å². The lowest BCUT2D eigenvalue weighted by Crippen LogP contribution is -2.34. The van der Waals surface area contributed by atoms with Crippen molar-refractivity contribution in [1.29, 1.82) is 0 Å². The minimum absolute atomic E-state index is 0.0313. The molecule has 4 aromatic rings. The largest absolute Gasteiger partial charge is 0.358 e. The number of carbonyl (C=O) groups excluding carboxylic acids is 2. The molecule has 2 heterocycles. The van der Waals surface area contributed by atoms with Crippen molar-refractivity contribution >= 4 is 46.0 Å². The lowest BCUT2D eigenvalue weighted by molar-refractivity contribution is -0.111. The summed E-state index contributed by atoms with van der Waals surface area (Å²) >= 11 is 6.54. The predicted molar refractivity (Wildman–Crippen MR) is 164 cm³/mol. The van der Waals surface area contributed by atoms with Crippen molar-refractivity contribution in [3.8, 4) is 11.3 Å². The molecule has 2 aromatic carbocycles. The second-order valence-corrected chi connectivity index (χ2v) is 11.0. The third kappa shape index (κ3) is 6.93. The fourth-order valence-electron chi connectivity index (χ4n) is 5.15. The number of H-pyrrole nitrogens is 1. The molecule has 41 heavy (non-hydrogen) atoms. The minimum atomic E-state index is -0.207. The van der Waals surface area contributed by atoms with E-state index in [9.17, 15) is 9.59 Å². The quantitative estimate of drug-likeness (QED) is 0.200. The normalized spacial score (nSPS) is 16.9. The highest BCUT2D eigenvalue weighted by atomic mass is 35.5. The van der Waals surface area contributed by atoms with Crippen LogP contribution in [0.5, 0.6) is 0 Å². The first kappa shape index (κ1) is 28.3. The first-order valence-corrected chi connectivity index (χ1v) is 14.0. The van der Waals surface area contributed by atoms with Crippen LogP contribution in [-0.4, -0.2) is 64.4 Å². The number of aromatic nitrogens is 3. The van der Waals surface area contributed by atoms with Gasteiger partial charge in [-0.1, -0.05) is 35.9 Å². The standard InChI is InChI=1S/C31H34ClN7O2/c1-19-28(24-7-4-5-8-26(24)34-19)29-25(32)18-33-31(38-29)37-23-15-14-22(17-23)36-30(41)20-10-12-21(13-11-20)35-27(40)9-6-16-39(2)3/h4-13,18,22-23,34H,14-17H2,1-3H3,(H,35,40)(H,36,41)(H,33,37,38)/b9-6+/t22-,23+/m1/s1. The number of halogens is 1. The van der Waals surface area contributed by atoms with Crippen molar-refractivity contribution in [3.05, 3.63) is 83.2 Å². The summed E-state index contributed by atoms with van der Waals surface area (Å²) in [6, 6.07) is 15.1. The Morgan fingerprint density at radius 3 is 2.63 bits per heavy atom. The van der Waals surface area contributed by atoms with Gasteiger partial charge in [0, 0.05) is 58.1 Å². The van der Waals surface area contributed by atoms with Gasteiger partial charge in [-0.2, -0.15) is 0 Å². The highest BCUT2D eigenvalue weighted by molar-refractivity contribution is 6.33. The van der Waals surface area contributed by atoms with E-state index in [1.807, 2.05) is 44.1 Å². The summed E-state index contributed by atoms with van der Waals surface area (Å²) < 4.78 is 0. The Morgan fingerprint density at radius 2 is 1.85 bits per heavy atom. The van der Waals surface area contributed by atoms with Crippen molar-refractivity contribution < 1.29 is 9.59 Å². The highest BCUT2D eigenvalue weighted by Crippen LogP contribution is 2.35. The van der Waals surface area contributed by atoms with Gasteiger partial charge in [0.2, 0.25) is 11.9 Å². The summed E-state index contributed by atoms with van der Waals surface area (Å²) in [5.41, 5.74) is 4.86. The highest BCUT2D eigenvalue weighted by Gasteiger charge is 2.27. The smallest absolute Gasteiger partial charge is 0.251 e. The molecule has 1 saturated carbocycles. The maximum absolute atomic E-state index is 12.9. The second-order valence-electron chi connectivity index (χ2n) is 10.6. The summed E-state index contributed by atoms with van der Waals surface area (Å²) in [5.74, 6) is 0.168. The maximum atomic E-state index is 12.9. The topological polar surface area (TPSA) is 115 Å². The molecule has 10 heteroatoms. The van der Waals surface area contributed by atoms with Crippen molar-refractivity contribution in [1.82, 2.24) is 25.2 Å². The van der Waals surface area contributed by atoms with Crippen LogP contribution in [0.3, 0.4) is 0 Å². The van der Waals surface area contributed by atoms with Crippen LogP contribution in [0.4, 0.5) is 11.6 Å². The monoisotopic (exact) mass is 571 g/mol. The van der Waals surface area contributed by atoms with Gasteiger partial charge in [-0.3, -0.25) is 9.59 Å². The number of nitrogens with one attached hydrogen (secondary N) is 4. The van der Waals surface area contributed by atoms with Crippen LogP contribution in [-0.2, 0) is 4.79 Å². The lowest BCUT2D eigenvalue weighted by Gasteiger charge is -2.16. The van der Waals surface area contributed by atoms with Crippen LogP contribution in [0.25, 0.3) is 22.2 Å². The molecule has 1 aliphatic rings. The molecule has 5 rings (SSSR count). The van der Waals surface area contributed by atoms with E-state index in [2.05, 4.69) is 32.0 Å². The molecule has 2 amide bonds. The van der Waals surface area contributed by atoms with E-state index in [0.29, 0.717) is 34.5 Å². The van der Waals surface area contributed by atoms with Crippen LogP contribution in [0.15, 0.2) is 66.9 Å². The Hall–Kier alpha value is -4.21. The Morgan fingerprint density at radius 1 is 1.10 bits per heavy atom. The summed E-state index contributed by atoms with van der Waals surface area (Å²) in [6.07, 6.45) is 7.41. The number of para-hydroxylation sites is 1. The maximum Gasteiger partial charge on any atom is 0.251 e. The third-order valence-corrected chi connectivity index (χ3v) is 7.41. The van der Waals surface area contributed by atoms with Crippen molar-refractivity contribution in [2.24, 2.45) is 0 Å². The van der Waals surface area contributed by atoms with Crippen LogP contribution in [0.2, 0.25) is 5.02 Å². The molecule has 0 saturated heterocycles. The van der Waals surface area contributed by atoms with Gasteiger partial charge < -0.3 is 25.8 Å². The molecule has 1 fully saturated rings. The number of rotatable bonds is 9. The minimum Gasteiger partial charge on any atom is -0.358 e. The number of hydrogen-bond donors (Lipinski definition) is 4. The zero-order chi connectivity index (χ0) is 28.9. The van der Waals surface area contributed by atoms with Crippen LogP contribution < -0.4 is 16.0 Å². The van der Waals surface area contributed by atoms with Crippen molar-refractivity contribution in [2.75, 3.05) is 31.3 Å². The summed E-state index contributed by atoms with van der Waals surface area (Å²) in [4.78, 5) is 39.5. The van der Waals surface area contributed by atoms with Crippen LogP contribution in [0.1, 0.15) is 35.3 Å². The van der Waals surface area contributed by atoms with Gasteiger partial charge in [-0.05, 0) is 70.6 Å². The summed E-state index contributed by atoms with van der Waals surface area (Å²) in [5, 5.41) is 10.9. The number of carbonyl (C=O) groups is 2. The molecule has 0 spiro atoms. The second kappa shape index (κ2) is 12.5. The number of aromatic amines is 1. The van der Waals surface area contributed by atoms with Gasteiger partial charge in [0.05, 0.1) is 16.9 Å². The summed E-state index contributed by atoms with van der Waals surface area (Å²) in [7, 11) is 3.87. The average molecular weight is 572 g/mol. The van der Waals surface area contributed by atoms with Gasteiger partial charge in [0.15, 0.2) is 0 Å². The van der Waals surface area contributed by atoms with Gasteiger partial charge in [0.25, 0.3) is 5.91 Å². The fraction of sp³-hybridized carbons (Fsp3) is 0.290. The molecular weight excluding hydrogens is 538 g/mol. The Bertz CT molecular complexity index is 1580. The van der Waals surface area contributed by atoms with E-state index in [-0.39, 0.29) is 23.9 Å². The van der Waals surface area contributed by atoms with E-state index in [0.717, 1.165) is 41.4 Å². The zero-order valence-corrected chi connectivity index (χ0v) is 24.1. The third-order valence-electron chi connectivity index (χ3n) is 7.13. The van der Waals surface area contributed by atoms with E-state index >= 15 is 0 Å². The van der Waals surface area contributed by atoms with Crippen molar-refractivity contribution in [3.63, 3.8) is 0 Å². The molecule has 0 unspecified atom stereocenters. The number of benzene rings is 2. The molecule has 0 bridgehead atoms. The molecule has 212 valence electrons. The number of hydrogen-bond acceptors (Lipinski definition) is 6. The lowest BCUT2D eigenvalue weighted by atomic mass is 10.1. The number of likely N-dealkylation sites (N-methyl/N-ethyl adjacent to an activating group) is 1. The molecule has 1 aliphatic carbocycles. The number of anilines is 2. The van der Waals surface area contributed by atoms with Gasteiger partial charge in [-0.25, -0.2) is 9.97 Å². The molecule has 2 aromatic heterocycles. The SMILES string of the molecule is Cc1[nH]c2ccccc2c1-c1nc(N[C@H]2CC[C@@H](NC(=O)c3ccc(NC(=O)/C=C/CN(C)C)cc3)C2)ncc1Cl. The van der Waals surface area contributed by atoms with Crippen LogP contribution in [0, 0.1) is 6.92 Å². The van der Waals surface area contributed by atoms with Crippen LogP contribution >= 0.6 is 11.6 Å². The first-order valence-electron chi connectivity index (χ1n) is 13.7. The fourth-order valence-corrected chi connectivity index (χ4v) is 5.33. The predicted octanol–water partition coefficient (Wildman–Crippen LogP) is 5.41. The van der Waals surface area contributed by atoms with Gasteiger partial charge >= 0.3 is 0 Å². The molecular formula is C31H34ClN7O2. The number of nitrogens with zero attached hydrogens (tertiary/aromatic N) is 3. The number of amides is 2. The number of fused-ring (bicyclic) bond motifs is 1. The van der Waals surface area contributed by atoms with E-state index < -0.39 is 0 Å². The molecule has 9 nitrogen and oxygen atoms in total. The van der Waals surface area contributed by atoms with Gasteiger partial charge in [0.1, 0.15) is 0 Å². The van der Waals surface area contributed by atoms with E-state index in [1.165, 1.54) is 6.08 Å². The molecule has 0 aliphatic heterocycles. The zero-order valence-electron chi connectivity index (χ0n) is 23.4. The number of aryl methyl sites for hydroxylation is 1. The molecule has 4 N–H and O–H groups in total. The molecule has 0 radical (unpaired) electrons. The van der Waals surface area contributed by atoms with Crippen molar-refractivity contribution in [2.45, 2.75) is 38.3 Å². The summed E-state index contributed by atoms with van der Waals surface area (Å²) in [6.45, 7) is 2.70. The Kier molecular flexibility index (Phi) is 8.66. The molecule has 2 atom stereocenters. The average Bonchev–Trinajstić information content (AvgIpc) is 3.52. The van der Waals surface area contributed by atoms with Gasteiger partial charge in [-0.15, -0.1) is 0 Å². The van der Waals surface area contributed by atoms with E-state index in [1.54, 1.807) is 36.5 Å². The Labute approximate surface area is 244 Å². The Balaban J connectivity index is 1.17.